The summed E-state index contributed by atoms with van der Waals surface area (Å²) < 4.78 is 0. The van der Waals surface area contributed by atoms with E-state index in [4.69, 9.17) is 0 Å². The van der Waals surface area contributed by atoms with Gasteiger partial charge in [0.1, 0.15) is 0 Å². The number of rotatable bonds is 5. The number of amides is 1. The predicted octanol–water partition coefficient (Wildman–Crippen LogP) is 3.00. The Bertz CT molecular complexity index is 766. The minimum atomic E-state index is -1.09. The van der Waals surface area contributed by atoms with Gasteiger partial charge in [0.2, 0.25) is 5.91 Å². The van der Waals surface area contributed by atoms with Gasteiger partial charge in [0.15, 0.2) is 6.29 Å². The number of nitrogens with one attached hydrogen (secondary N) is 1. The second-order valence-electron chi connectivity index (χ2n) is 5.29. The molecule has 0 aliphatic carbocycles. The molecule has 0 aliphatic rings. The van der Waals surface area contributed by atoms with Crippen LogP contribution < -0.4 is 5.32 Å². The molecular weight excluding hydrogens is 294 g/mol. The quantitative estimate of drug-likeness (QED) is 0.831. The van der Waals surface area contributed by atoms with Crippen molar-refractivity contribution in [1.82, 2.24) is 0 Å². The lowest BCUT2D eigenvalue weighted by Gasteiger charge is -2.15. The molecule has 2 aromatic carbocycles. The molecule has 0 bridgehead atoms. The Labute approximate surface area is 134 Å². The third-order valence-corrected chi connectivity index (χ3v) is 3.62. The summed E-state index contributed by atoms with van der Waals surface area (Å²) in [6.07, 6.45) is 0.763. The summed E-state index contributed by atoms with van der Waals surface area (Å²) in [7, 11) is 0. The lowest BCUT2D eigenvalue weighted by molar-refractivity contribution is -0.115. The van der Waals surface area contributed by atoms with Crippen molar-refractivity contribution in [2.75, 3.05) is 5.32 Å². The second kappa shape index (κ2) is 6.87. The highest BCUT2D eigenvalue weighted by Gasteiger charge is 2.19. The van der Waals surface area contributed by atoms with E-state index in [9.17, 15) is 19.5 Å². The normalized spacial score (nSPS) is 10.2. The Morgan fingerprint density at radius 2 is 1.83 bits per heavy atom. The molecule has 1 amide bonds. The van der Waals surface area contributed by atoms with Crippen LogP contribution in [0.4, 0.5) is 5.69 Å². The first-order chi connectivity index (χ1) is 10.9. The molecule has 5 nitrogen and oxygen atoms in total. The molecule has 5 heteroatoms. The van der Waals surface area contributed by atoms with E-state index in [0.717, 1.165) is 5.56 Å². The number of aromatic carboxylic acids is 1. The fourth-order valence-corrected chi connectivity index (χ4v) is 2.57. The average Bonchev–Trinajstić information content (AvgIpc) is 2.50. The minimum Gasteiger partial charge on any atom is -0.478 e. The van der Waals surface area contributed by atoms with Gasteiger partial charge in [-0.15, -0.1) is 0 Å². The number of carbonyl (C=O) groups excluding carboxylic acids is 2. The monoisotopic (exact) mass is 311 g/mol. The third kappa shape index (κ3) is 3.63. The standard InChI is InChI=1S/C18H17NO4/c1-11-8-14(10-20)17(12(2)16(11)18(22)23)19-15(21)9-13-6-4-3-5-7-13/h3-8,10H,9H2,1-2H3,(H,19,21)(H,22,23). The Hall–Kier alpha value is -2.95. The number of carbonyl (C=O) groups is 3. The Morgan fingerprint density at radius 3 is 2.39 bits per heavy atom. The van der Waals surface area contributed by atoms with Crippen LogP contribution >= 0.6 is 0 Å². The smallest absolute Gasteiger partial charge is 0.336 e. The SMILES string of the molecule is Cc1cc(C=O)c(NC(=O)Cc2ccccc2)c(C)c1C(=O)O. The van der Waals surface area contributed by atoms with Gasteiger partial charge in [0.25, 0.3) is 0 Å². The van der Waals surface area contributed by atoms with Gasteiger partial charge in [-0.05, 0) is 36.6 Å². The number of anilines is 1. The molecule has 118 valence electrons. The van der Waals surface area contributed by atoms with Gasteiger partial charge in [-0.25, -0.2) is 4.79 Å². The van der Waals surface area contributed by atoms with Crippen LogP contribution in [0, 0.1) is 13.8 Å². The molecule has 0 saturated carbocycles. The molecule has 2 aromatic rings. The molecule has 0 aromatic heterocycles. The van der Waals surface area contributed by atoms with E-state index in [0.29, 0.717) is 17.4 Å². The van der Waals surface area contributed by atoms with Gasteiger partial charge < -0.3 is 10.4 Å². The van der Waals surface area contributed by atoms with Crippen molar-refractivity contribution in [1.29, 1.82) is 0 Å². The van der Waals surface area contributed by atoms with E-state index in [-0.39, 0.29) is 29.1 Å². The van der Waals surface area contributed by atoms with Crippen LogP contribution in [0.1, 0.15) is 37.4 Å². The fraction of sp³-hybridized carbons (Fsp3) is 0.167. The molecule has 0 atom stereocenters. The van der Waals surface area contributed by atoms with Gasteiger partial charge >= 0.3 is 5.97 Å². The number of hydrogen-bond acceptors (Lipinski definition) is 3. The Balaban J connectivity index is 2.35. The molecule has 2 rings (SSSR count). The molecule has 23 heavy (non-hydrogen) atoms. The summed E-state index contributed by atoms with van der Waals surface area (Å²) in [6, 6.07) is 10.6. The minimum absolute atomic E-state index is 0.102. The lowest BCUT2D eigenvalue weighted by atomic mass is 9.97. The van der Waals surface area contributed by atoms with E-state index in [1.807, 2.05) is 30.3 Å². The fourth-order valence-electron chi connectivity index (χ4n) is 2.57. The van der Waals surface area contributed by atoms with Gasteiger partial charge in [0, 0.05) is 5.56 Å². The van der Waals surface area contributed by atoms with Gasteiger partial charge in [-0.2, -0.15) is 0 Å². The molecule has 0 radical (unpaired) electrons. The first-order valence-corrected chi connectivity index (χ1v) is 7.10. The summed E-state index contributed by atoms with van der Waals surface area (Å²) in [4.78, 5) is 34.8. The zero-order chi connectivity index (χ0) is 17.0. The van der Waals surface area contributed by atoms with Crippen molar-refractivity contribution in [3.63, 3.8) is 0 Å². The Morgan fingerprint density at radius 1 is 1.17 bits per heavy atom. The summed E-state index contributed by atoms with van der Waals surface area (Å²) in [5.74, 6) is -1.39. The van der Waals surface area contributed by atoms with Crippen molar-refractivity contribution in [3.8, 4) is 0 Å². The number of hydrogen-bond donors (Lipinski definition) is 2. The summed E-state index contributed by atoms with van der Waals surface area (Å²) >= 11 is 0. The predicted molar refractivity (Wildman–Crippen MR) is 87.0 cm³/mol. The zero-order valence-electron chi connectivity index (χ0n) is 12.9. The average molecular weight is 311 g/mol. The maximum Gasteiger partial charge on any atom is 0.336 e. The van der Waals surface area contributed by atoms with E-state index in [2.05, 4.69) is 5.32 Å². The Kier molecular flexibility index (Phi) is 4.91. The number of aldehydes is 1. The maximum atomic E-state index is 12.2. The molecule has 2 N–H and O–H groups in total. The molecule has 0 aliphatic heterocycles. The number of carboxylic acid groups (broad SMARTS) is 1. The highest BCUT2D eigenvalue weighted by molar-refractivity contribution is 6.02. The first-order valence-electron chi connectivity index (χ1n) is 7.10. The van der Waals surface area contributed by atoms with Gasteiger partial charge in [-0.3, -0.25) is 9.59 Å². The van der Waals surface area contributed by atoms with Crippen LogP contribution in [-0.2, 0) is 11.2 Å². The van der Waals surface area contributed by atoms with E-state index < -0.39 is 5.97 Å². The van der Waals surface area contributed by atoms with Crippen molar-refractivity contribution >= 4 is 23.9 Å². The van der Waals surface area contributed by atoms with Gasteiger partial charge in [-0.1, -0.05) is 30.3 Å². The zero-order valence-corrected chi connectivity index (χ0v) is 12.9. The van der Waals surface area contributed by atoms with Crippen LogP contribution in [0.15, 0.2) is 36.4 Å². The van der Waals surface area contributed by atoms with Crippen molar-refractivity contribution < 1.29 is 19.5 Å². The van der Waals surface area contributed by atoms with Gasteiger partial charge in [0.05, 0.1) is 17.7 Å². The topological polar surface area (TPSA) is 83.5 Å². The van der Waals surface area contributed by atoms with Crippen molar-refractivity contribution in [3.05, 3.63) is 64.2 Å². The largest absolute Gasteiger partial charge is 0.478 e. The second-order valence-corrected chi connectivity index (χ2v) is 5.29. The highest BCUT2D eigenvalue weighted by atomic mass is 16.4. The van der Waals surface area contributed by atoms with E-state index in [1.165, 1.54) is 6.07 Å². The number of carboxylic acids is 1. The summed E-state index contributed by atoms with van der Waals surface area (Å²) in [5, 5.41) is 12.0. The number of benzene rings is 2. The highest BCUT2D eigenvalue weighted by Crippen LogP contribution is 2.26. The third-order valence-electron chi connectivity index (χ3n) is 3.62. The molecule has 0 spiro atoms. The lowest BCUT2D eigenvalue weighted by Crippen LogP contribution is -2.18. The molecule has 0 unspecified atom stereocenters. The van der Waals surface area contributed by atoms with Crippen LogP contribution in [0.25, 0.3) is 0 Å². The van der Waals surface area contributed by atoms with E-state index >= 15 is 0 Å². The number of aryl methyl sites for hydroxylation is 1. The van der Waals surface area contributed by atoms with Crippen molar-refractivity contribution in [2.24, 2.45) is 0 Å². The van der Waals surface area contributed by atoms with Crippen LogP contribution in [0.2, 0.25) is 0 Å². The maximum absolute atomic E-state index is 12.2. The van der Waals surface area contributed by atoms with Crippen LogP contribution in [0.5, 0.6) is 0 Å². The molecule has 0 heterocycles. The summed E-state index contributed by atoms with van der Waals surface area (Å²) in [5.41, 5.74) is 2.32. The van der Waals surface area contributed by atoms with E-state index in [1.54, 1.807) is 13.8 Å². The van der Waals surface area contributed by atoms with Crippen LogP contribution in [-0.4, -0.2) is 23.3 Å². The van der Waals surface area contributed by atoms with Crippen LogP contribution in [0.3, 0.4) is 0 Å². The molecule has 0 saturated heterocycles. The van der Waals surface area contributed by atoms with Crippen molar-refractivity contribution in [2.45, 2.75) is 20.3 Å². The first kappa shape index (κ1) is 16.4. The molecule has 0 fully saturated rings. The molecular formula is C18H17NO4. The summed E-state index contributed by atoms with van der Waals surface area (Å²) in [6.45, 7) is 3.21.